The molecule has 120 valence electrons. The van der Waals surface area contributed by atoms with Crippen molar-refractivity contribution in [3.8, 4) is 6.07 Å². The maximum absolute atomic E-state index is 12.0. The van der Waals surface area contributed by atoms with Gasteiger partial charge in [-0.1, -0.05) is 17.8 Å². The molecule has 0 fully saturated rings. The van der Waals surface area contributed by atoms with Gasteiger partial charge in [-0.2, -0.15) is 5.26 Å². The average molecular weight is 339 g/mol. The summed E-state index contributed by atoms with van der Waals surface area (Å²) in [6.45, 7) is 0.508. The highest BCUT2D eigenvalue weighted by atomic mass is 32.2. The zero-order valence-electron chi connectivity index (χ0n) is 12.5. The standard InChI is InChI=1S/C16H13N5O2S/c17-8-12-3-1-4-13(7-12)19-15(22)10-24-16-20-18-11-21(16)9-14-5-2-6-23-14/h1-7,11H,9-10H2,(H,19,22). The Bertz CT molecular complexity index is 867. The summed E-state index contributed by atoms with van der Waals surface area (Å²) in [4.78, 5) is 12.0. The van der Waals surface area contributed by atoms with Crippen LogP contribution in [0.2, 0.25) is 0 Å². The molecule has 2 heterocycles. The fourth-order valence-electron chi connectivity index (χ4n) is 2.03. The maximum atomic E-state index is 12.0. The first kappa shape index (κ1) is 15.8. The molecule has 0 unspecified atom stereocenters. The van der Waals surface area contributed by atoms with E-state index in [1.807, 2.05) is 22.8 Å². The number of aromatic nitrogens is 3. The number of thioether (sulfide) groups is 1. The first-order valence-corrected chi connectivity index (χ1v) is 8.06. The van der Waals surface area contributed by atoms with Crippen LogP contribution in [-0.2, 0) is 11.3 Å². The Kier molecular flexibility index (Phi) is 4.93. The summed E-state index contributed by atoms with van der Waals surface area (Å²) in [7, 11) is 0. The molecule has 3 aromatic rings. The van der Waals surface area contributed by atoms with E-state index in [0.29, 0.717) is 23.0 Å². The van der Waals surface area contributed by atoms with E-state index in [1.165, 1.54) is 11.8 Å². The van der Waals surface area contributed by atoms with Gasteiger partial charge in [0, 0.05) is 5.69 Å². The lowest BCUT2D eigenvalue weighted by molar-refractivity contribution is -0.113. The molecular weight excluding hydrogens is 326 g/mol. The first-order chi connectivity index (χ1) is 11.7. The molecule has 1 amide bonds. The number of hydrogen-bond donors (Lipinski definition) is 1. The second-order valence-electron chi connectivity index (χ2n) is 4.85. The maximum Gasteiger partial charge on any atom is 0.234 e. The Morgan fingerprint density at radius 3 is 3.08 bits per heavy atom. The molecule has 0 atom stereocenters. The van der Waals surface area contributed by atoms with E-state index in [4.69, 9.17) is 9.68 Å². The van der Waals surface area contributed by atoms with E-state index in [2.05, 4.69) is 15.5 Å². The van der Waals surface area contributed by atoms with Crippen LogP contribution >= 0.6 is 11.8 Å². The fourth-order valence-corrected chi connectivity index (χ4v) is 2.74. The monoisotopic (exact) mass is 339 g/mol. The number of benzene rings is 1. The third-order valence-electron chi connectivity index (χ3n) is 3.09. The van der Waals surface area contributed by atoms with Crippen molar-refractivity contribution in [1.82, 2.24) is 14.8 Å². The number of hydrogen-bond acceptors (Lipinski definition) is 6. The van der Waals surface area contributed by atoms with Crippen LogP contribution in [0.4, 0.5) is 5.69 Å². The summed E-state index contributed by atoms with van der Waals surface area (Å²) in [5.41, 5.74) is 1.09. The van der Waals surface area contributed by atoms with Crippen LogP contribution < -0.4 is 5.32 Å². The first-order valence-electron chi connectivity index (χ1n) is 7.07. The van der Waals surface area contributed by atoms with Gasteiger partial charge in [0.15, 0.2) is 5.16 Å². The smallest absolute Gasteiger partial charge is 0.234 e. The molecule has 1 aromatic carbocycles. The van der Waals surface area contributed by atoms with Gasteiger partial charge in [-0.25, -0.2) is 0 Å². The van der Waals surface area contributed by atoms with Crippen molar-refractivity contribution >= 4 is 23.4 Å². The summed E-state index contributed by atoms with van der Waals surface area (Å²) in [6, 6.07) is 12.5. The number of nitrogens with zero attached hydrogens (tertiary/aromatic N) is 4. The van der Waals surface area contributed by atoms with Crippen molar-refractivity contribution in [3.63, 3.8) is 0 Å². The van der Waals surface area contributed by atoms with Crippen molar-refractivity contribution in [2.45, 2.75) is 11.7 Å². The number of nitrogens with one attached hydrogen (secondary N) is 1. The highest BCUT2D eigenvalue weighted by Gasteiger charge is 2.10. The quantitative estimate of drug-likeness (QED) is 0.693. The van der Waals surface area contributed by atoms with E-state index in [-0.39, 0.29) is 11.7 Å². The van der Waals surface area contributed by atoms with Crippen molar-refractivity contribution in [2.75, 3.05) is 11.1 Å². The zero-order chi connectivity index (χ0) is 16.8. The number of furan rings is 1. The highest BCUT2D eigenvalue weighted by Crippen LogP contribution is 2.17. The number of nitriles is 1. The van der Waals surface area contributed by atoms with Crippen LogP contribution in [0, 0.1) is 11.3 Å². The largest absolute Gasteiger partial charge is 0.467 e. The second-order valence-corrected chi connectivity index (χ2v) is 5.79. The number of amides is 1. The fraction of sp³-hybridized carbons (Fsp3) is 0.125. The predicted molar refractivity (Wildman–Crippen MR) is 88.3 cm³/mol. The van der Waals surface area contributed by atoms with Crippen LogP contribution in [0.1, 0.15) is 11.3 Å². The topological polar surface area (TPSA) is 96.7 Å². The van der Waals surface area contributed by atoms with E-state index in [1.54, 1.807) is 36.9 Å². The van der Waals surface area contributed by atoms with Crippen molar-refractivity contribution in [3.05, 3.63) is 60.3 Å². The Morgan fingerprint density at radius 2 is 2.29 bits per heavy atom. The molecule has 24 heavy (non-hydrogen) atoms. The Hall–Kier alpha value is -3.05. The van der Waals surface area contributed by atoms with Gasteiger partial charge in [0.1, 0.15) is 12.1 Å². The molecule has 0 aliphatic carbocycles. The van der Waals surface area contributed by atoms with Crippen molar-refractivity contribution in [1.29, 1.82) is 5.26 Å². The molecule has 0 radical (unpaired) electrons. The van der Waals surface area contributed by atoms with Crippen LogP contribution in [-0.4, -0.2) is 26.4 Å². The van der Waals surface area contributed by atoms with E-state index < -0.39 is 0 Å². The molecule has 8 heteroatoms. The average Bonchev–Trinajstić information content (AvgIpc) is 3.25. The van der Waals surface area contributed by atoms with Gasteiger partial charge in [0.2, 0.25) is 5.91 Å². The summed E-state index contributed by atoms with van der Waals surface area (Å²) >= 11 is 1.28. The molecule has 0 aliphatic rings. The second kappa shape index (κ2) is 7.48. The van der Waals surface area contributed by atoms with Crippen LogP contribution in [0.3, 0.4) is 0 Å². The molecule has 2 aromatic heterocycles. The van der Waals surface area contributed by atoms with Crippen molar-refractivity contribution < 1.29 is 9.21 Å². The van der Waals surface area contributed by atoms with E-state index in [9.17, 15) is 4.79 Å². The highest BCUT2D eigenvalue weighted by molar-refractivity contribution is 7.99. The van der Waals surface area contributed by atoms with Crippen LogP contribution in [0.25, 0.3) is 0 Å². The zero-order valence-corrected chi connectivity index (χ0v) is 13.4. The molecule has 1 N–H and O–H groups in total. The van der Waals surface area contributed by atoms with E-state index >= 15 is 0 Å². The minimum absolute atomic E-state index is 0.178. The number of anilines is 1. The number of carbonyl (C=O) groups is 1. The lowest BCUT2D eigenvalue weighted by Gasteiger charge is -2.06. The Labute approximate surface area is 142 Å². The molecule has 7 nitrogen and oxygen atoms in total. The van der Waals surface area contributed by atoms with Crippen molar-refractivity contribution in [2.24, 2.45) is 0 Å². The van der Waals surface area contributed by atoms with Gasteiger partial charge in [-0.3, -0.25) is 4.79 Å². The van der Waals surface area contributed by atoms with Gasteiger partial charge in [0.05, 0.1) is 30.2 Å². The molecule has 0 saturated heterocycles. The molecule has 0 bridgehead atoms. The third-order valence-corrected chi connectivity index (χ3v) is 4.07. The normalized spacial score (nSPS) is 10.3. The number of carbonyl (C=O) groups excluding carboxylic acids is 1. The molecule has 0 aliphatic heterocycles. The minimum Gasteiger partial charge on any atom is -0.467 e. The van der Waals surface area contributed by atoms with Gasteiger partial charge < -0.3 is 14.3 Å². The third kappa shape index (κ3) is 4.02. The molecule has 0 spiro atoms. The Balaban J connectivity index is 1.57. The van der Waals surface area contributed by atoms with E-state index in [0.717, 1.165) is 5.76 Å². The summed E-state index contributed by atoms with van der Waals surface area (Å²) < 4.78 is 7.11. The molecular formula is C16H13N5O2S. The lowest BCUT2D eigenvalue weighted by atomic mass is 10.2. The van der Waals surface area contributed by atoms with Gasteiger partial charge in [-0.15, -0.1) is 10.2 Å². The minimum atomic E-state index is -0.178. The molecule has 0 saturated carbocycles. The Morgan fingerprint density at radius 1 is 1.38 bits per heavy atom. The summed E-state index contributed by atoms with van der Waals surface area (Å²) in [5, 5.41) is 20.1. The summed E-state index contributed by atoms with van der Waals surface area (Å²) in [6.07, 6.45) is 3.20. The number of rotatable bonds is 6. The predicted octanol–water partition coefficient (Wildman–Crippen LogP) is 2.52. The van der Waals surface area contributed by atoms with Crippen LogP contribution in [0.15, 0.2) is 58.6 Å². The summed E-state index contributed by atoms with van der Waals surface area (Å²) in [5.74, 6) is 0.797. The lowest BCUT2D eigenvalue weighted by Crippen LogP contribution is -2.14. The van der Waals surface area contributed by atoms with Gasteiger partial charge in [-0.05, 0) is 30.3 Å². The SMILES string of the molecule is N#Cc1cccc(NC(=O)CSc2nncn2Cc2ccco2)c1. The van der Waals surface area contributed by atoms with Gasteiger partial charge >= 0.3 is 0 Å². The van der Waals surface area contributed by atoms with Gasteiger partial charge in [0.25, 0.3) is 0 Å². The molecule has 3 rings (SSSR count). The van der Waals surface area contributed by atoms with Crippen LogP contribution in [0.5, 0.6) is 0 Å².